The topological polar surface area (TPSA) is 96.5 Å². The molecule has 0 radical (unpaired) electrons. The molecule has 1 heterocycles. The Bertz CT molecular complexity index is 416. The van der Waals surface area contributed by atoms with Gasteiger partial charge in [0.2, 0.25) is 0 Å². The van der Waals surface area contributed by atoms with Crippen LogP contribution in [0.5, 0.6) is 0 Å². The quantitative estimate of drug-likeness (QED) is 0.729. The molecule has 6 nitrogen and oxygen atoms in total. The van der Waals surface area contributed by atoms with Gasteiger partial charge < -0.3 is 15.7 Å². The van der Waals surface area contributed by atoms with E-state index in [1.165, 1.54) is 11.5 Å². The Morgan fingerprint density at radius 1 is 1.69 bits per heavy atom. The number of nitrogens with two attached hydrogens (primary N) is 1. The maximum atomic E-state index is 11.8. The molecule has 86 valence electrons. The third-order valence-corrected chi connectivity index (χ3v) is 2.38. The molecular weight excluding hydrogens is 230 g/mol. The molecule has 3 N–H and O–H groups in total. The minimum atomic E-state index is -1.08. The Hall–Kier alpha value is -1.89. The van der Waals surface area contributed by atoms with Crippen LogP contribution in [0.3, 0.4) is 0 Å². The number of rotatable bonds is 5. The minimum Gasteiger partial charge on any atom is -0.480 e. The maximum absolute atomic E-state index is 11.8. The fourth-order valence-corrected chi connectivity index (χ4v) is 1.62. The Labute approximate surface area is 96.0 Å². The molecule has 0 atom stereocenters. The summed E-state index contributed by atoms with van der Waals surface area (Å²) in [6.07, 6.45) is 1.45. The Morgan fingerprint density at radius 3 is 2.81 bits per heavy atom. The zero-order valence-electron chi connectivity index (χ0n) is 8.42. The number of hydrogen-bond donors (Lipinski definition) is 2. The summed E-state index contributed by atoms with van der Waals surface area (Å²) in [6.45, 7) is 3.23. The monoisotopic (exact) mass is 241 g/mol. The van der Waals surface area contributed by atoms with Gasteiger partial charge in [-0.2, -0.15) is 0 Å². The molecule has 1 aromatic heterocycles. The van der Waals surface area contributed by atoms with E-state index < -0.39 is 11.9 Å². The van der Waals surface area contributed by atoms with E-state index in [-0.39, 0.29) is 23.9 Å². The van der Waals surface area contributed by atoms with E-state index in [0.717, 1.165) is 16.2 Å². The van der Waals surface area contributed by atoms with Crippen LogP contribution in [0.4, 0.5) is 5.13 Å². The van der Waals surface area contributed by atoms with Crippen molar-refractivity contribution < 1.29 is 14.7 Å². The lowest BCUT2D eigenvalue weighted by Crippen LogP contribution is -2.35. The number of anilines is 1. The molecule has 0 aliphatic heterocycles. The van der Waals surface area contributed by atoms with E-state index in [0.29, 0.717) is 0 Å². The van der Waals surface area contributed by atoms with Crippen LogP contribution in [0.15, 0.2) is 18.0 Å². The van der Waals surface area contributed by atoms with E-state index >= 15 is 0 Å². The first-order chi connectivity index (χ1) is 7.54. The smallest absolute Gasteiger partial charge is 0.323 e. The van der Waals surface area contributed by atoms with Crippen LogP contribution < -0.4 is 5.73 Å². The van der Waals surface area contributed by atoms with Gasteiger partial charge in [0, 0.05) is 11.9 Å². The average molecular weight is 241 g/mol. The van der Waals surface area contributed by atoms with E-state index in [9.17, 15) is 9.59 Å². The van der Waals surface area contributed by atoms with E-state index in [4.69, 9.17) is 10.8 Å². The van der Waals surface area contributed by atoms with Crippen molar-refractivity contribution in [1.82, 2.24) is 9.88 Å². The lowest BCUT2D eigenvalue weighted by molar-refractivity contribution is -0.137. The summed E-state index contributed by atoms with van der Waals surface area (Å²) in [5.41, 5.74) is 5.55. The second-order valence-electron chi connectivity index (χ2n) is 2.94. The van der Waals surface area contributed by atoms with Crippen molar-refractivity contribution in [3.8, 4) is 0 Å². The van der Waals surface area contributed by atoms with Gasteiger partial charge in [-0.05, 0) is 0 Å². The number of carbonyl (C=O) groups is 2. The maximum Gasteiger partial charge on any atom is 0.323 e. The van der Waals surface area contributed by atoms with E-state index in [2.05, 4.69) is 11.6 Å². The highest BCUT2D eigenvalue weighted by Crippen LogP contribution is 2.13. The van der Waals surface area contributed by atoms with Gasteiger partial charge in [-0.25, -0.2) is 4.98 Å². The van der Waals surface area contributed by atoms with Crippen molar-refractivity contribution in [3.05, 3.63) is 23.7 Å². The normalized spacial score (nSPS) is 9.75. The molecular formula is C9H11N3O3S. The summed E-state index contributed by atoms with van der Waals surface area (Å²) in [4.78, 5) is 27.3. The van der Waals surface area contributed by atoms with E-state index in [1.807, 2.05) is 0 Å². The number of aliphatic carboxylic acids is 1. The lowest BCUT2D eigenvalue weighted by atomic mass is 10.3. The molecule has 1 aromatic rings. The van der Waals surface area contributed by atoms with Crippen LogP contribution >= 0.6 is 11.3 Å². The molecule has 0 fully saturated rings. The average Bonchev–Trinajstić information content (AvgIpc) is 2.62. The highest BCUT2D eigenvalue weighted by Gasteiger charge is 2.19. The molecule has 0 aliphatic rings. The standard InChI is InChI=1S/C9H11N3O3S/c1-2-3-12(4-7(13)14)8(15)6-5-16-9(10)11-6/h2,5H,1,3-4H2,(H2,10,11)(H,13,14). The zero-order valence-corrected chi connectivity index (χ0v) is 9.24. The Balaban J connectivity index is 2.81. The Kier molecular flexibility index (Phi) is 4.01. The number of amides is 1. The molecule has 0 saturated carbocycles. The first kappa shape index (κ1) is 12.2. The molecule has 1 rings (SSSR count). The summed E-state index contributed by atoms with van der Waals surface area (Å²) < 4.78 is 0. The minimum absolute atomic E-state index is 0.155. The number of aromatic nitrogens is 1. The largest absolute Gasteiger partial charge is 0.480 e. The van der Waals surface area contributed by atoms with Gasteiger partial charge in [0.05, 0.1) is 0 Å². The second-order valence-corrected chi connectivity index (χ2v) is 3.83. The highest BCUT2D eigenvalue weighted by molar-refractivity contribution is 7.13. The number of carboxylic acid groups (broad SMARTS) is 1. The summed E-state index contributed by atoms with van der Waals surface area (Å²) >= 11 is 1.13. The number of carbonyl (C=O) groups excluding carboxylic acids is 1. The molecule has 0 spiro atoms. The summed E-state index contributed by atoms with van der Waals surface area (Å²) in [5, 5.41) is 10.4. The summed E-state index contributed by atoms with van der Waals surface area (Å²) in [6, 6.07) is 0. The van der Waals surface area contributed by atoms with Crippen molar-refractivity contribution in [2.24, 2.45) is 0 Å². The summed E-state index contributed by atoms with van der Waals surface area (Å²) in [7, 11) is 0. The molecule has 16 heavy (non-hydrogen) atoms. The van der Waals surface area contributed by atoms with Crippen LogP contribution in [0.25, 0.3) is 0 Å². The van der Waals surface area contributed by atoms with Crippen molar-refractivity contribution in [3.63, 3.8) is 0 Å². The van der Waals surface area contributed by atoms with Crippen molar-refractivity contribution in [2.45, 2.75) is 0 Å². The van der Waals surface area contributed by atoms with Crippen molar-refractivity contribution in [2.75, 3.05) is 18.8 Å². The number of nitrogen functional groups attached to an aromatic ring is 1. The third-order valence-electron chi connectivity index (χ3n) is 1.70. The predicted octanol–water partition coefficient (Wildman–Crippen LogP) is 0.438. The molecule has 0 aromatic carbocycles. The van der Waals surface area contributed by atoms with Crippen LogP contribution in [-0.4, -0.2) is 40.0 Å². The molecule has 7 heteroatoms. The Morgan fingerprint density at radius 2 is 2.38 bits per heavy atom. The lowest BCUT2D eigenvalue weighted by Gasteiger charge is -2.17. The number of thiazole rings is 1. The van der Waals surface area contributed by atoms with Gasteiger partial charge in [-0.3, -0.25) is 9.59 Å². The van der Waals surface area contributed by atoms with E-state index in [1.54, 1.807) is 0 Å². The van der Waals surface area contributed by atoms with Gasteiger partial charge >= 0.3 is 5.97 Å². The first-order valence-electron chi connectivity index (χ1n) is 4.37. The van der Waals surface area contributed by atoms with Crippen LogP contribution in [-0.2, 0) is 4.79 Å². The number of carboxylic acids is 1. The van der Waals surface area contributed by atoms with Gasteiger partial charge in [0.1, 0.15) is 12.2 Å². The van der Waals surface area contributed by atoms with Crippen molar-refractivity contribution >= 4 is 28.3 Å². The molecule has 0 saturated heterocycles. The number of hydrogen-bond acceptors (Lipinski definition) is 5. The van der Waals surface area contributed by atoms with Crippen LogP contribution in [0.2, 0.25) is 0 Å². The molecule has 0 bridgehead atoms. The molecule has 1 amide bonds. The zero-order chi connectivity index (χ0) is 12.1. The second kappa shape index (κ2) is 5.26. The fourth-order valence-electron chi connectivity index (χ4n) is 1.09. The number of nitrogens with zero attached hydrogens (tertiary/aromatic N) is 2. The first-order valence-corrected chi connectivity index (χ1v) is 5.25. The highest BCUT2D eigenvalue weighted by atomic mass is 32.1. The molecule has 0 aliphatic carbocycles. The van der Waals surface area contributed by atoms with Crippen molar-refractivity contribution in [1.29, 1.82) is 0 Å². The molecule has 0 unspecified atom stereocenters. The SMILES string of the molecule is C=CCN(CC(=O)O)C(=O)c1csc(N)n1. The van der Waals surface area contributed by atoms with Gasteiger partial charge in [-0.1, -0.05) is 6.08 Å². The van der Waals surface area contributed by atoms with Crippen LogP contribution in [0, 0.1) is 0 Å². The van der Waals surface area contributed by atoms with Crippen LogP contribution in [0.1, 0.15) is 10.5 Å². The fraction of sp³-hybridized carbons (Fsp3) is 0.222. The van der Waals surface area contributed by atoms with Gasteiger partial charge in [-0.15, -0.1) is 17.9 Å². The predicted molar refractivity (Wildman–Crippen MR) is 60.3 cm³/mol. The third kappa shape index (κ3) is 3.06. The summed E-state index contributed by atoms with van der Waals surface area (Å²) in [5.74, 6) is -1.55. The van der Waals surface area contributed by atoms with Gasteiger partial charge in [0.15, 0.2) is 5.13 Å². The van der Waals surface area contributed by atoms with Gasteiger partial charge in [0.25, 0.3) is 5.91 Å².